The quantitative estimate of drug-likeness (QED) is 0.504. The number of nitrogens with zero attached hydrogens (tertiary/aromatic N) is 2. The molecule has 0 N–H and O–H groups in total. The lowest BCUT2D eigenvalue weighted by Gasteiger charge is -2.27. The van der Waals surface area contributed by atoms with E-state index in [1.807, 2.05) is 17.5 Å². The van der Waals surface area contributed by atoms with E-state index in [1.165, 1.54) is 26.6 Å². The van der Waals surface area contributed by atoms with Gasteiger partial charge in [-0.1, -0.05) is 6.07 Å². The SMILES string of the molecule is COc1ccc(N(Cc2cccs2)C(=O)c2ccc(F)c(S(=O)(=O)N3CCOCC3)c2)cc1. The molecule has 1 saturated heterocycles. The number of sulfonamides is 1. The van der Waals surface area contributed by atoms with Gasteiger partial charge in [0.15, 0.2) is 0 Å². The van der Waals surface area contributed by atoms with E-state index in [0.29, 0.717) is 11.4 Å². The zero-order valence-corrected chi connectivity index (χ0v) is 19.6. The Kier molecular flexibility index (Phi) is 7.08. The summed E-state index contributed by atoms with van der Waals surface area (Å²) < 4.78 is 52.3. The summed E-state index contributed by atoms with van der Waals surface area (Å²) in [5.41, 5.74) is 0.687. The molecule has 1 aliphatic rings. The molecule has 1 aromatic heterocycles. The van der Waals surface area contributed by atoms with Crippen molar-refractivity contribution in [2.75, 3.05) is 38.3 Å². The minimum absolute atomic E-state index is 0.0793. The third-order valence-corrected chi connectivity index (χ3v) is 8.06. The fraction of sp³-hybridized carbons (Fsp3) is 0.261. The Bertz CT molecular complexity index is 1210. The van der Waals surface area contributed by atoms with Gasteiger partial charge in [-0.25, -0.2) is 12.8 Å². The number of carbonyl (C=O) groups excluding carboxylic acids is 1. The molecule has 174 valence electrons. The van der Waals surface area contributed by atoms with Crippen molar-refractivity contribution in [1.29, 1.82) is 0 Å². The third kappa shape index (κ3) is 5.09. The van der Waals surface area contributed by atoms with Crippen LogP contribution < -0.4 is 9.64 Å². The van der Waals surface area contributed by atoms with Crippen LogP contribution in [0.2, 0.25) is 0 Å². The Morgan fingerprint density at radius 3 is 2.52 bits per heavy atom. The van der Waals surface area contributed by atoms with Crippen LogP contribution in [0.25, 0.3) is 0 Å². The lowest BCUT2D eigenvalue weighted by molar-refractivity contribution is 0.0729. The highest BCUT2D eigenvalue weighted by Gasteiger charge is 2.30. The molecular weight excluding hydrogens is 467 g/mol. The van der Waals surface area contributed by atoms with Crippen molar-refractivity contribution >= 4 is 33.0 Å². The Hall–Kier alpha value is -2.79. The number of benzene rings is 2. The summed E-state index contributed by atoms with van der Waals surface area (Å²) in [7, 11) is -2.55. The van der Waals surface area contributed by atoms with E-state index in [0.717, 1.165) is 17.0 Å². The molecule has 0 unspecified atom stereocenters. The van der Waals surface area contributed by atoms with Gasteiger partial charge < -0.3 is 14.4 Å². The van der Waals surface area contributed by atoms with E-state index >= 15 is 0 Å². The summed E-state index contributed by atoms with van der Waals surface area (Å²) in [6, 6.07) is 14.2. The molecule has 10 heteroatoms. The monoisotopic (exact) mass is 490 g/mol. The second kappa shape index (κ2) is 10.0. The van der Waals surface area contributed by atoms with E-state index < -0.39 is 26.6 Å². The molecule has 0 saturated carbocycles. The van der Waals surface area contributed by atoms with Crippen LogP contribution in [0.3, 0.4) is 0 Å². The molecule has 0 aliphatic carbocycles. The zero-order chi connectivity index (χ0) is 23.4. The number of carbonyl (C=O) groups is 1. The molecular formula is C23H23FN2O5S2. The Labute approximate surface area is 196 Å². The number of methoxy groups -OCH3 is 1. The molecule has 0 radical (unpaired) electrons. The molecule has 4 rings (SSSR count). The standard InChI is InChI=1S/C23H23FN2O5S2/c1-30-19-7-5-18(6-8-19)26(16-20-3-2-14-32-20)23(27)17-4-9-21(24)22(15-17)33(28,29)25-10-12-31-13-11-25/h2-9,14-15H,10-13,16H2,1H3. The highest BCUT2D eigenvalue weighted by molar-refractivity contribution is 7.89. The van der Waals surface area contributed by atoms with Crippen molar-refractivity contribution in [2.24, 2.45) is 0 Å². The number of anilines is 1. The van der Waals surface area contributed by atoms with Gasteiger partial charge in [-0.15, -0.1) is 11.3 Å². The maximum atomic E-state index is 14.6. The normalized spacial score (nSPS) is 14.7. The van der Waals surface area contributed by atoms with Gasteiger partial charge in [0.2, 0.25) is 10.0 Å². The van der Waals surface area contributed by atoms with Crippen molar-refractivity contribution in [3.05, 3.63) is 76.2 Å². The summed E-state index contributed by atoms with van der Waals surface area (Å²) >= 11 is 1.50. The number of hydrogen-bond donors (Lipinski definition) is 0. The van der Waals surface area contributed by atoms with E-state index in [-0.39, 0.29) is 38.4 Å². The van der Waals surface area contributed by atoms with Crippen LogP contribution in [0.1, 0.15) is 15.2 Å². The Morgan fingerprint density at radius 1 is 1.15 bits per heavy atom. The van der Waals surface area contributed by atoms with Gasteiger partial charge in [0.25, 0.3) is 5.91 Å². The third-order valence-electron chi connectivity index (χ3n) is 5.29. The minimum Gasteiger partial charge on any atom is -0.497 e. The number of ether oxygens (including phenoxy) is 2. The van der Waals surface area contributed by atoms with Crippen molar-refractivity contribution in [3.63, 3.8) is 0 Å². The summed E-state index contributed by atoms with van der Waals surface area (Å²) in [6.07, 6.45) is 0. The maximum absolute atomic E-state index is 14.6. The first-order chi connectivity index (χ1) is 15.9. The smallest absolute Gasteiger partial charge is 0.258 e. The van der Waals surface area contributed by atoms with Crippen LogP contribution in [0.15, 0.2) is 64.9 Å². The first-order valence-corrected chi connectivity index (χ1v) is 12.6. The lowest BCUT2D eigenvalue weighted by atomic mass is 10.1. The second-order valence-corrected chi connectivity index (χ2v) is 10.3. The van der Waals surface area contributed by atoms with E-state index in [1.54, 1.807) is 31.4 Å². The number of thiophene rings is 1. The predicted molar refractivity (Wildman–Crippen MR) is 124 cm³/mol. The van der Waals surface area contributed by atoms with Crippen molar-refractivity contribution in [3.8, 4) is 5.75 Å². The molecule has 1 amide bonds. The number of halogens is 1. The van der Waals surface area contributed by atoms with Gasteiger partial charge in [-0.3, -0.25) is 4.79 Å². The molecule has 0 atom stereocenters. The Balaban J connectivity index is 1.70. The summed E-state index contributed by atoms with van der Waals surface area (Å²) in [4.78, 5) is 15.5. The highest BCUT2D eigenvalue weighted by atomic mass is 32.2. The van der Waals surface area contributed by atoms with E-state index in [9.17, 15) is 17.6 Å². The molecule has 2 heterocycles. The van der Waals surface area contributed by atoms with Gasteiger partial charge in [0, 0.05) is 29.2 Å². The fourth-order valence-electron chi connectivity index (χ4n) is 3.52. The molecule has 0 spiro atoms. The van der Waals surface area contributed by atoms with Gasteiger partial charge >= 0.3 is 0 Å². The lowest BCUT2D eigenvalue weighted by Crippen LogP contribution is -2.41. The maximum Gasteiger partial charge on any atom is 0.258 e. The second-order valence-electron chi connectivity index (χ2n) is 7.33. The summed E-state index contributed by atoms with van der Waals surface area (Å²) in [6.45, 7) is 1.04. The predicted octanol–water partition coefficient (Wildman–Crippen LogP) is 3.76. The van der Waals surface area contributed by atoms with Crippen LogP contribution in [0.4, 0.5) is 10.1 Å². The zero-order valence-electron chi connectivity index (χ0n) is 17.9. The van der Waals surface area contributed by atoms with Gasteiger partial charge in [0.1, 0.15) is 16.5 Å². The highest BCUT2D eigenvalue weighted by Crippen LogP contribution is 2.27. The molecule has 2 aromatic carbocycles. The number of rotatable bonds is 7. The van der Waals surface area contributed by atoms with Crippen LogP contribution in [0, 0.1) is 5.82 Å². The van der Waals surface area contributed by atoms with Crippen LogP contribution in [-0.4, -0.2) is 52.0 Å². The number of hydrogen-bond acceptors (Lipinski definition) is 6. The largest absolute Gasteiger partial charge is 0.497 e. The molecule has 1 aliphatic heterocycles. The molecule has 33 heavy (non-hydrogen) atoms. The molecule has 7 nitrogen and oxygen atoms in total. The molecule has 3 aromatic rings. The van der Waals surface area contributed by atoms with Gasteiger partial charge in [0.05, 0.1) is 26.9 Å². The minimum atomic E-state index is -4.10. The van der Waals surface area contributed by atoms with Crippen LogP contribution in [0.5, 0.6) is 5.75 Å². The topological polar surface area (TPSA) is 76.2 Å². The van der Waals surface area contributed by atoms with Crippen molar-refractivity contribution in [1.82, 2.24) is 4.31 Å². The fourth-order valence-corrected chi connectivity index (χ4v) is 5.71. The average molecular weight is 491 g/mol. The Morgan fingerprint density at radius 2 is 1.88 bits per heavy atom. The van der Waals surface area contributed by atoms with Crippen LogP contribution in [-0.2, 0) is 21.3 Å². The van der Waals surface area contributed by atoms with Crippen molar-refractivity contribution < 1.29 is 27.1 Å². The van der Waals surface area contributed by atoms with E-state index in [4.69, 9.17) is 9.47 Å². The summed E-state index contributed by atoms with van der Waals surface area (Å²) in [5, 5.41) is 1.91. The molecule has 1 fully saturated rings. The van der Waals surface area contributed by atoms with E-state index in [2.05, 4.69) is 0 Å². The summed E-state index contributed by atoms with van der Waals surface area (Å²) in [5.74, 6) is -0.692. The average Bonchev–Trinajstić information content (AvgIpc) is 3.36. The molecule has 0 bridgehead atoms. The first kappa shape index (κ1) is 23.4. The van der Waals surface area contributed by atoms with Gasteiger partial charge in [-0.2, -0.15) is 4.31 Å². The number of amides is 1. The van der Waals surface area contributed by atoms with Crippen LogP contribution >= 0.6 is 11.3 Å². The number of morpholine rings is 1. The first-order valence-electron chi connectivity index (χ1n) is 10.3. The van der Waals surface area contributed by atoms with Crippen molar-refractivity contribution in [2.45, 2.75) is 11.4 Å². The van der Waals surface area contributed by atoms with Gasteiger partial charge in [-0.05, 0) is 53.9 Å².